The predicted molar refractivity (Wildman–Crippen MR) is 271 cm³/mol. The minimum absolute atomic E-state index is 0.00558. The van der Waals surface area contributed by atoms with Gasteiger partial charge in [-0.3, -0.25) is 79.3 Å². The topological polar surface area (TPSA) is 641 Å². The molecule has 10 rings (SSSR count). The summed E-state index contributed by atoms with van der Waals surface area (Å²) in [6.07, 6.45) is -27.1. The highest BCUT2D eigenvalue weighted by atomic mass is 31.2. The number of anilines is 2. The number of phosphoric ester groups is 4. The second-order valence-electron chi connectivity index (χ2n) is 18.9. The third kappa shape index (κ3) is 13.2. The van der Waals surface area contributed by atoms with Gasteiger partial charge in [0, 0.05) is 24.5 Å². The lowest BCUT2D eigenvalue weighted by Crippen LogP contribution is -2.39. The lowest BCUT2D eigenvalue weighted by molar-refractivity contribution is -0.0651. The molecular weight excluding hydrogens is 1260 g/mol. The molecule has 4 fully saturated rings. The molecule has 6 aromatic rings. The van der Waals surface area contributed by atoms with Gasteiger partial charge in [-0.25, -0.2) is 47.8 Å². The van der Waals surface area contributed by atoms with E-state index in [0.717, 1.165) is 52.6 Å². The average molecular weight is 1300 g/mol. The van der Waals surface area contributed by atoms with Crippen molar-refractivity contribution in [3.63, 3.8) is 0 Å². The maximum Gasteiger partial charge on any atom is 0.472 e. The number of aromatic amines is 3. The van der Waals surface area contributed by atoms with Gasteiger partial charge >= 0.3 is 42.7 Å². The number of nitrogen functional groups attached to an aromatic ring is 2. The number of imidazole rings is 2. The van der Waals surface area contributed by atoms with Crippen LogP contribution in [-0.4, -0.2) is 208 Å². The van der Waals surface area contributed by atoms with Crippen LogP contribution in [0.1, 0.15) is 24.9 Å². The van der Waals surface area contributed by atoms with E-state index in [-0.39, 0.29) is 22.6 Å². The minimum atomic E-state index is -5.83. The van der Waals surface area contributed by atoms with E-state index in [1.807, 2.05) is 9.97 Å². The van der Waals surface area contributed by atoms with Gasteiger partial charge in [0.25, 0.3) is 16.7 Å². The van der Waals surface area contributed by atoms with Gasteiger partial charge < -0.3 is 80.4 Å². The molecule has 0 bridgehead atoms. The molecular formula is C38H48N14O30P4. The lowest BCUT2D eigenvalue weighted by Gasteiger charge is -2.26. The molecule has 0 amide bonds. The second kappa shape index (κ2) is 24.1. The van der Waals surface area contributed by atoms with Crippen LogP contribution in [0, 0.1) is 0 Å². The number of hydrogen-bond acceptors (Lipinski definition) is 32. The van der Waals surface area contributed by atoms with E-state index in [2.05, 4.69) is 34.4 Å². The minimum Gasteiger partial charge on any atom is -0.387 e. The number of aliphatic hydroxyl groups is 5. The Balaban J connectivity index is 0.875. The van der Waals surface area contributed by atoms with E-state index in [0.29, 0.717) is 9.13 Å². The molecule has 0 spiro atoms. The van der Waals surface area contributed by atoms with Crippen molar-refractivity contribution in [2.75, 3.05) is 37.9 Å². The number of phosphoric acid groups is 4. The largest absolute Gasteiger partial charge is 0.472 e. The zero-order chi connectivity index (χ0) is 62.1. The summed E-state index contributed by atoms with van der Waals surface area (Å²) in [4.78, 5) is 139. The number of ether oxygens (including phenoxy) is 4. The Morgan fingerprint density at radius 2 is 0.907 bits per heavy atom. The molecule has 4 saturated heterocycles. The maximum atomic E-state index is 14.0. The van der Waals surface area contributed by atoms with Crippen LogP contribution in [0.25, 0.3) is 22.3 Å². The summed E-state index contributed by atoms with van der Waals surface area (Å²) in [5.74, 6) is -0.593. The summed E-state index contributed by atoms with van der Waals surface area (Å²) >= 11 is 0. The van der Waals surface area contributed by atoms with Crippen molar-refractivity contribution in [2.24, 2.45) is 0 Å². The Labute approximate surface area is 473 Å². The van der Waals surface area contributed by atoms with Crippen molar-refractivity contribution >= 4 is 65.4 Å². The molecule has 6 aromatic heterocycles. The molecule has 0 radical (unpaired) electrons. The molecule has 0 aromatic carbocycles. The van der Waals surface area contributed by atoms with Crippen molar-refractivity contribution in [3.8, 4) is 0 Å². The van der Waals surface area contributed by atoms with Gasteiger partial charge in [-0.2, -0.15) is 4.98 Å². The molecule has 4 aliphatic rings. The summed E-state index contributed by atoms with van der Waals surface area (Å²) in [6.45, 7) is -4.87. The number of H-pyrrole nitrogens is 3. The first kappa shape index (κ1) is 63.0. The van der Waals surface area contributed by atoms with Gasteiger partial charge in [0.05, 0.1) is 39.1 Å². The number of rotatable bonds is 22. The zero-order valence-corrected chi connectivity index (χ0v) is 46.3. The second-order valence-corrected chi connectivity index (χ2v) is 24.4. The summed E-state index contributed by atoms with van der Waals surface area (Å²) in [6, 6.07) is 1.68. The molecule has 44 nitrogen and oxygen atoms in total. The summed E-state index contributed by atoms with van der Waals surface area (Å²) < 4.78 is 115. The molecule has 48 heteroatoms. The number of nitrogens with one attached hydrogen (secondary N) is 3. The summed E-state index contributed by atoms with van der Waals surface area (Å²) in [5, 5.41) is 56.0. The van der Waals surface area contributed by atoms with E-state index in [1.54, 1.807) is 0 Å². The van der Waals surface area contributed by atoms with E-state index < -0.39 is 195 Å². The Hall–Kier alpha value is -6.06. The first-order chi connectivity index (χ1) is 40.4. The van der Waals surface area contributed by atoms with Crippen molar-refractivity contribution in [1.82, 2.24) is 58.1 Å². The van der Waals surface area contributed by atoms with Gasteiger partial charge in [-0.05, 0) is 0 Å². The quantitative estimate of drug-likeness (QED) is 0.0281. The van der Waals surface area contributed by atoms with E-state index in [9.17, 15) is 92.2 Å². The van der Waals surface area contributed by atoms with Crippen molar-refractivity contribution in [2.45, 2.75) is 98.2 Å². The highest BCUT2D eigenvalue weighted by Gasteiger charge is 2.55. The first-order valence-corrected chi connectivity index (χ1v) is 30.4. The fourth-order valence-electron chi connectivity index (χ4n) is 9.40. The number of aliphatic hydroxyl groups excluding tert-OH is 5. The van der Waals surface area contributed by atoms with Crippen LogP contribution in [0.2, 0.25) is 0 Å². The van der Waals surface area contributed by atoms with Gasteiger partial charge in [0.15, 0.2) is 47.5 Å². The molecule has 10 heterocycles. The fourth-order valence-corrected chi connectivity index (χ4v) is 12.6. The van der Waals surface area contributed by atoms with Crippen LogP contribution in [0.4, 0.5) is 11.8 Å². The lowest BCUT2D eigenvalue weighted by atomic mass is 10.1. The van der Waals surface area contributed by atoms with Crippen LogP contribution >= 0.6 is 31.3 Å². The van der Waals surface area contributed by atoms with Crippen LogP contribution in [0.5, 0.6) is 0 Å². The Bertz CT molecular complexity index is 4020. The molecule has 3 unspecified atom stereocenters. The van der Waals surface area contributed by atoms with Crippen molar-refractivity contribution < 1.29 is 119 Å². The van der Waals surface area contributed by atoms with Gasteiger partial charge in [-0.15, -0.1) is 0 Å². The normalized spacial score (nSPS) is 31.8. The number of nitrogens with zero attached hydrogens (tertiary/aromatic N) is 9. The van der Waals surface area contributed by atoms with Crippen LogP contribution in [0.3, 0.4) is 0 Å². The number of nitrogens with two attached hydrogens (primary N) is 2. The average Bonchev–Trinajstić information content (AvgIpc) is 1.74. The molecule has 0 aliphatic carbocycles. The van der Waals surface area contributed by atoms with Gasteiger partial charge in [0.2, 0.25) is 5.95 Å². The zero-order valence-electron chi connectivity index (χ0n) is 42.7. The number of fused-ring (bicyclic) bond motifs is 2. The third-order valence-electron chi connectivity index (χ3n) is 13.3. The summed E-state index contributed by atoms with van der Waals surface area (Å²) in [5.41, 5.74) is 5.84. The Morgan fingerprint density at radius 1 is 0.500 bits per heavy atom. The summed E-state index contributed by atoms with van der Waals surface area (Å²) in [7, 11) is -22.4. The molecule has 17 N–H and O–H groups in total. The molecule has 470 valence electrons. The SMILES string of the molecule is Nc1nc2c(ncn2[C@@H]2O[C@H](COP(=O)(O)O[C@H]3[C@@H](O)[C@H](n4cnc5c(N)ncnc54)O[C@@H]3COP(=O)(O)O)[C@@H](OP(=O)(O)OC[C@H]3O[C@@H](n4ccc(=O)[nH]c4=O)[C@H](O)[C@@H]3OP(=O)(O)OC[C@H]3O[C@@H](n4ccc(=O)[nH]c4=O)[C@H](O)[C@@H]3O)[C@H]2O)c(=O)[nH]1. The highest BCUT2D eigenvalue weighted by Crippen LogP contribution is 2.54. The predicted octanol–water partition coefficient (Wildman–Crippen LogP) is -6.77. The molecule has 0 saturated carbocycles. The Morgan fingerprint density at radius 3 is 1.37 bits per heavy atom. The highest BCUT2D eigenvalue weighted by molar-refractivity contribution is 7.48. The van der Waals surface area contributed by atoms with Gasteiger partial charge in [-0.1, -0.05) is 0 Å². The van der Waals surface area contributed by atoms with Crippen LogP contribution < -0.4 is 39.5 Å². The number of hydrogen-bond donors (Lipinski definition) is 15. The van der Waals surface area contributed by atoms with Crippen molar-refractivity contribution in [3.05, 3.63) is 95.5 Å². The first-order valence-electron chi connectivity index (χ1n) is 24.4. The standard InChI is InChI=1S/C38H48N14O30P4/c39-28-18-29(42-9-41-28)51(10-43-18)34-23(58)25(13(78-34)6-72-83(63,64)65)80-85(68,69)75-8-15-27(24(59)35(79-15)52-11-44-19-30(52)47-36(40)48-31(19)60)82-86(70,71)74-7-14-26(22(57)33(77-14)50-4-2-17(54)46-38(50)62)81-84(66,67)73-5-12-20(55)21(56)32(76-12)49-3-1-16(53)45-37(49)61/h1-4,9-15,20-27,32-35,55-59H,5-8H2,(H,66,67)(H,68,69)(H,70,71)(H2,39,41,42)(H,45,53,61)(H,46,54,62)(H2,63,64,65)(H3,40,47,48,60)/t12-,13-,14-,15-,20-,21-,22-,23-,24-,25-,26-,27-,32-,33-,34-,35-/m1/s1. The monoisotopic (exact) mass is 1300 g/mol. The van der Waals surface area contributed by atoms with Crippen LogP contribution in [-0.2, 0) is 68.9 Å². The van der Waals surface area contributed by atoms with E-state index >= 15 is 0 Å². The molecule has 19 atom stereocenters. The molecule has 86 heavy (non-hydrogen) atoms. The molecule has 4 aliphatic heterocycles. The Kier molecular flexibility index (Phi) is 17.7. The fraction of sp³-hybridized carbons (Fsp3) is 0.526. The van der Waals surface area contributed by atoms with E-state index in [1.165, 1.54) is 0 Å². The van der Waals surface area contributed by atoms with E-state index in [4.69, 9.17) is 57.6 Å². The third-order valence-corrected chi connectivity index (χ3v) is 16.7. The van der Waals surface area contributed by atoms with Crippen molar-refractivity contribution in [1.29, 1.82) is 0 Å². The van der Waals surface area contributed by atoms with Crippen LogP contribution in [0.15, 0.2) is 67.5 Å². The maximum absolute atomic E-state index is 14.0. The number of aromatic nitrogens is 12. The van der Waals surface area contributed by atoms with Gasteiger partial charge in [0.1, 0.15) is 85.1 Å². The smallest absolute Gasteiger partial charge is 0.387 e.